The van der Waals surface area contributed by atoms with E-state index in [-0.39, 0.29) is 0 Å². The van der Waals surface area contributed by atoms with Crippen molar-refractivity contribution in [2.45, 2.75) is 70.1 Å². The van der Waals surface area contributed by atoms with Gasteiger partial charge in [-0.3, -0.25) is 0 Å². The lowest BCUT2D eigenvalue weighted by atomic mass is 9.91. The number of hydrogen-bond acceptors (Lipinski definition) is 5. The quantitative estimate of drug-likeness (QED) is 0.480. The molecule has 2 aliphatic heterocycles. The van der Waals surface area contributed by atoms with E-state index in [1.165, 1.54) is 35.5 Å². The molecule has 0 saturated carbocycles. The van der Waals surface area contributed by atoms with Crippen LogP contribution in [0.25, 0.3) is 11.0 Å². The largest absolute Gasteiger partial charge is 0.381 e. The molecule has 0 bridgehead atoms. The van der Waals surface area contributed by atoms with Gasteiger partial charge in [0.15, 0.2) is 0 Å². The van der Waals surface area contributed by atoms with Gasteiger partial charge in [-0.25, -0.2) is 4.98 Å². The molecule has 0 amide bonds. The van der Waals surface area contributed by atoms with Gasteiger partial charge >= 0.3 is 0 Å². The molecule has 2 aliphatic rings. The fraction of sp³-hybridized carbons (Fsp3) is 0.696. The summed E-state index contributed by atoms with van der Waals surface area (Å²) >= 11 is 0. The summed E-state index contributed by atoms with van der Waals surface area (Å²) in [6.45, 7) is 12.4. The van der Waals surface area contributed by atoms with Gasteiger partial charge in [-0.15, -0.1) is 0 Å². The second kappa shape index (κ2) is 9.81. The molecule has 4 heterocycles. The molecule has 30 heavy (non-hydrogen) atoms. The normalized spacial score (nSPS) is 21.2. The number of pyridine rings is 1. The van der Waals surface area contributed by atoms with Gasteiger partial charge in [0, 0.05) is 63.9 Å². The van der Waals surface area contributed by atoms with Crippen molar-refractivity contribution in [2.24, 2.45) is 0 Å². The van der Waals surface area contributed by atoms with Gasteiger partial charge in [-0.05, 0) is 55.8 Å². The molecule has 166 valence electrons. The zero-order valence-electron chi connectivity index (χ0n) is 18.9. The molecule has 0 spiro atoms. The third-order valence-corrected chi connectivity index (χ3v) is 8.04. The van der Waals surface area contributed by atoms with E-state index in [0.717, 1.165) is 51.4 Å². The molecule has 1 atom stereocenters. The van der Waals surface area contributed by atoms with Crippen molar-refractivity contribution in [1.82, 2.24) is 14.9 Å². The fourth-order valence-electron chi connectivity index (χ4n) is 4.52. The van der Waals surface area contributed by atoms with Crippen molar-refractivity contribution in [1.29, 1.82) is 0 Å². The Hall–Kier alpha value is -1.41. The van der Waals surface area contributed by atoms with Crippen LogP contribution in [0.1, 0.15) is 37.2 Å². The summed E-state index contributed by atoms with van der Waals surface area (Å²) in [4.78, 5) is 4.78. The Morgan fingerprint density at radius 2 is 2.10 bits per heavy atom. The van der Waals surface area contributed by atoms with Crippen LogP contribution in [0, 0.1) is 0 Å². The lowest BCUT2D eigenvalue weighted by Crippen LogP contribution is -2.38. The maximum Gasteiger partial charge on any atom is 0.144 e. The van der Waals surface area contributed by atoms with Crippen LogP contribution >= 0.6 is 0 Å². The maximum atomic E-state index is 6.10. The molecule has 7 heteroatoms. The van der Waals surface area contributed by atoms with E-state index < -0.39 is 8.07 Å². The lowest BCUT2D eigenvalue weighted by molar-refractivity contribution is 0.0840. The molecule has 2 N–H and O–H groups in total. The molecule has 0 unspecified atom stereocenters. The topological polar surface area (TPSA) is 60.3 Å². The van der Waals surface area contributed by atoms with Gasteiger partial charge in [-0.1, -0.05) is 19.6 Å². The number of anilines is 1. The number of nitrogens with one attached hydrogen (secondary N) is 2. The minimum Gasteiger partial charge on any atom is -0.381 e. The van der Waals surface area contributed by atoms with Gasteiger partial charge in [-0.2, -0.15) is 0 Å². The zero-order valence-corrected chi connectivity index (χ0v) is 19.9. The molecule has 0 radical (unpaired) electrons. The summed E-state index contributed by atoms with van der Waals surface area (Å²) in [6.07, 6.45) is 8.83. The third kappa shape index (κ3) is 5.44. The second-order valence-electron chi connectivity index (χ2n) is 10.0. The highest BCUT2D eigenvalue weighted by Crippen LogP contribution is 2.37. The number of aromatic nitrogens is 2. The molecular weight excluding hydrogens is 392 g/mol. The number of nitrogens with zero attached hydrogens (tertiary/aromatic N) is 2. The summed E-state index contributed by atoms with van der Waals surface area (Å²) in [5.74, 6) is 0.527. The minimum absolute atomic E-state index is 0.475. The predicted molar refractivity (Wildman–Crippen MR) is 126 cm³/mol. The van der Waals surface area contributed by atoms with Crippen LogP contribution in [-0.4, -0.2) is 56.6 Å². The van der Waals surface area contributed by atoms with Crippen molar-refractivity contribution in [3.8, 4) is 0 Å². The van der Waals surface area contributed by atoms with Crippen LogP contribution in [0.2, 0.25) is 25.7 Å². The van der Waals surface area contributed by atoms with E-state index in [1.54, 1.807) is 0 Å². The molecule has 4 rings (SSSR count). The minimum atomic E-state index is -1.08. The smallest absolute Gasteiger partial charge is 0.144 e. The predicted octanol–water partition coefficient (Wildman–Crippen LogP) is 4.41. The Labute approximate surface area is 181 Å². The van der Waals surface area contributed by atoms with E-state index in [2.05, 4.69) is 47.1 Å². The van der Waals surface area contributed by atoms with Crippen molar-refractivity contribution in [3.05, 3.63) is 24.0 Å². The monoisotopic (exact) mass is 430 g/mol. The Kier molecular flexibility index (Phi) is 7.13. The van der Waals surface area contributed by atoms with Crippen molar-refractivity contribution < 1.29 is 9.47 Å². The average molecular weight is 431 g/mol. The highest BCUT2D eigenvalue weighted by atomic mass is 28.3. The van der Waals surface area contributed by atoms with Gasteiger partial charge in [0.05, 0.1) is 0 Å². The fourth-order valence-corrected chi connectivity index (χ4v) is 5.28. The van der Waals surface area contributed by atoms with Crippen LogP contribution in [0.3, 0.4) is 0 Å². The second-order valence-corrected chi connectivity index (χ2v) is 15.7. The van der Waals surface area contributed by atoms with Gasteiger partial charge in [0.1, 0.15) is 12.4 Å². The number of ether oxygens (including phenoxy) is 2. The van der Waals surface area contributed by atoms with Gasteiger partial charge < -0.3 is 24.7 Å². The molecule has 0 aromatic carbocycles. The van der Waals surface area contributed by atoms with Crippen LogP contribution < -0.4 is 10.6 Å². The van der Waals surface area contributed by atoms with Gasteiger partial charge in [0.25, 0.3) is 0 Å². The van der Waals surface area contributed by atoms with Crippen LogP contribution in [0.15, 0.2) is 18.5 Å². The van der Waals surface area contributed by atoms with E-state index in [4.69, 9.17) is 14.5 Å². The molecule has 0 aliphatic carbocycles. The number of hydrogen-bond donors (Lipinski definition) is 2. The number of piperidine rings is 1. The summed E-state index contributed by atoms with van der Waals surface area (Å²) in [5, 5.41) is 8.62. The summed E-state index contributed by atoms with van der Waals surface area (Å²) in [6, 6.07) is 3.81. The third-order valence-electron chi connectivity index (χ3n) is 6.33. The molecule has 2 fully saturated rings. The molecule has 2 aromatic rings. The zero-order chi connectivity index (χ0) is 21.0. The number of rotatable bonds is 8. The first-order valence-electron chi connectivity index (χ1n) is 11.6. The van der Waals surface area contributed by atoms with Gasteiger partial charge in [0.2, 0.25) is 0 Å². The van der Waals surface area contributed by atoms with Crippen LogP contribution in [-0.2, 0) is 16.2 Å². The SMILES string of the molecule is C[Si](C)(C)CCOCn1cc(C2CCOCC2)c2c(N[C@@H]3CCCNC3)ccnc21. The Morgan fingerprint density at radius 1 is 1.27 bits per heavy atom. The Balaban J connectivity index is 1.60. The maximum absolute atomic E-state index is 6.10. The van der Waals surface area contributed by atoms with Crippen molar-refractivity contribution in [3.63, 3.8) is 0 Å². The molecule has 2 aromatic heterocycles. The Morgan fingerprint density at radius 3 is 2.83 bits per heavy atom. The average Bonchev–Trinajstić information content (AvgIpc) is 3.12. The standard InChI is InChI=1S/C23H38N4O2Si/c1-30(2,3)14-13-29-17-27-16-20(18-7-11-28-12-8-18)22-21(6-10-25-23(22)27)26-19-5-4-9-24-15-19/h6,10,16,18-19,24H,4-5,7-9,11-15,17H2,1-3H3,(H,25,26)/t19-/m1/s1. The first kappa shape index (κ1) is 21.8. The molecular formula is C23H38N4O2Si. The van der Waals surface area contributed by atoms with E-state index in [0.29, 0.717) is 18.7 Å². The lowest BCUT2D eigenvalue weighted by Gasteiger charge is -2.26. The van der Waals surface area contributed by atoms with Crippen molar-refractivity contribution >= 4 is 24.8 Å². The molecule has 2 saturated heterocycles. The first-order valence-corrected chi connectivity index (χ1v) is 15.3. The van der Waals surface area contributed by atoms with E-state index >= 15 is 0 Å². The highest BCUT2D eigenvalue weighted by molar-refractivity contribution is 6.76. The summed E-state index contributed by atoms with van der Waals surface area (Å²) in [5.41, 5.74) is 3.66. The summed E-state index contributed by atoms with van der Waals surface area (Å²) < 4.78 is 13.9. The summed E-state index contributed by atoms with van der Waals surface area (Å²) in [7, 11) is -1.08. The van der Waals surface area contributed by atoms with E-state index in [1.807, 2.05) is 6.20 Å². The van der Waals surface area contributed by atoms with Crippen molar-refractivity contribution in [2.75, 3.05) is 38.2 Å². The Bertz CT molecular complexity index is 820. The van der Waals surface area contributed by atoms with Crippen LogP contribution in [0.5, 0.6) is 0 Å². The molecule has 6 nitrogen and oxygen atoms in total. The van der Waals surface area contributed by atoms with E-state index in [9.17, 15) is 0 Å². The first-order chi connectivity index (χ1) is 14.5. The number of fused-ring (bicyclic) bond motifs is 1. The van der Waals surface area contributed by atoms with Crippen LogP contribution in [0.4, 0.5) is 5.69 Å². The highest BCUT2D eigenvalue weighted by Gasteiger charge is 2.24.